The largest absolute Gasteiger partial charge is 0.465 e. The second kappa shape index (κ2) is 10.7. The van der Waals surface area contributed by atoms with Gasteiger partial charge < -0.3 is 15.4 Å². The third-order valence-electron chi connectivity index (χ3n) is 5.06. The van der Waals surface area contributed by atoms with Gasteiger partial charge in [0.05, 0.1) is 34.9 Å². The summed E-state index contributed by atoms with van der Waals surface area (Å²) in [5.74, 6) is -1.12. The number of hydrogen-bond donors (Lipinski definition) is 2. The van der Waals surface area contributed by atoms with Crippen molar-refractivity contribution in [2.75, 3.05) is 17.7 Å². The third-order valence-corrected chi connectivity index (χ3v) is 6.05. The fourth-order valence-corrected chi connectivity index (χ4v) is 4.43. The van der Waals surface area contributed by atoms with Gasteiger partial charge in [0.2, 0.25) is 0 Å². The minimum absolute atomic E-state index is 0.0703. The SMILES string of the molecule is CCOC(=O)CSC1=C(C#N)C(c2ccccc2)C(C(=O)Nc2ccccc2C)=C(C)N1. The molecule has 0 bridgehead atoms. The van der Waals surface area contributed by atoms with E-state index in [9.17, 15) is 14.9 Å². The van der Waals surface area contributed by atoms with Gasteiger partial charge in [0.25, 0.3) is 5.91 Å². The molecule has 2 N–H and O–H groups in total. The lowest BCUT2D eigenvalue weighted by atomic mass is 9.82. The third kappa shape index (κ3) is 5.21. The van der Waals surface area contributed by atoms with Crippen LogP contribution >= 0.6 is 11.8 Å². The molecule has 3 rings (SSSR count). The number of amides is 1. The fraction of sp³-hybridized carbons (Fsp3) is 0.240. The summed E-state index contributed by atoms with van der Waals surface area (Å²) >= 11 is 1.21. The Morgan fingerprint density at radius 2 is 1.81 bits per heavy atom. The minimum atomic E-state index is -0.559. The van der Waals surface area contributed by atoms with Gasteiger partial charge in [-0.15, -0.1) is 0 Å². The minimum Gasteiger partial charge on any atom is -0.465 e. The van der Waals surface area contributed by atoms with E-state index in [1.165, 1.54) is 11.8 Å². The van der Waals surface area contributed by atoms with Gasteiger partial charge in [-0.1, -0.05) is 60.3 Å². The van der Waals surface area contributed by atoms with Crippen molar-refractivity contribution in [1.29, 1.82) is 5.26 Å². The van der Waals surface area contributed by atoms with Crippen molar-refractivity contribution < 1.29 is 14.3 Å². The lowest BCUT2D eigenvalue weighted by Crippen LogP contribution is -2.31. The lowest BCUT2D eigenvalue weighted by Gasteiger charge is -2.30. The lowest BCUT2D eigenvalue weighted by molar-refractivity contribution is -0.139. The Morgan fingerprint density at radius 3 is 2.47 bits per heavy atom. The van der Waals surface area contributed by atoms with Crippen LogP contribution in [0.3, 0.4) is 0 Å². The van der Waals surface area contributed by atoms with E-state index in [0.717, 1.165) is 16.8 Å². The number of anilines is 1. The molecule has 1 amide bonds. The molecular weight excluding hydrogens is 422 g/mol. The normalized spacial score (nSPS) is 15.6. The van der Waals surface area contributed by atoms with Gasteiger partial charge in [-0.05, 0) is 38.0 Å². The van der Waals surface area contributed by atoms with Gasteiger partial charge in [0.15, 0.2) is 0 Å². The average molecular weight is 448 g/mol. The highest BCUT2D eigenvalue weighted by Crippen LogP contribution is 2.41. The molecule has 2 aromatic rings. The molecule has 1 unspecified atom stereocenters. The highest BCUT2D eigenvalue weighted by Gasteiger charge is 2.35. The zero-order chi connectivity index (χ0) is 23.1. The van der Waals surface area contributed by atoms with E-state index in [1.54, 1.807) is 6.92 Å². The molecule has 164 valence electrons. The number of thioether (sulfide) groups is 1. The second-order valence-electron chi connectivity index (χ2n) is 7.22. The summed E-state index contributed by atoms with van der Waals surface area (Å²) in [4.78, 5) is 25.3. The number of ether oxygens (including phenoxy) is 1. The number of allylic oxidation sites excluding steroid dienone is 2. The van der Waals surface area contributed by atoms with Crippen LogP contribution < -0.4 is 10.6 Å². The Hall–Kier alpha value is -3.50. The van der Waals surface area contributed by atoms with E-state index in [1.807, 2.05) is 68.4 Å². The molecule has 0 spiro atoms. The van der Waals surface area contributed by atoms with Crippen molar-refractivity contribution in [2.24, 2.45) is 0 Å². The van der Waals surface area contributed by atoms with Crippen LogP contribution in [0.15, 0.2) is 76.5 Å². The molecule has 0 aromatic heterocycles. The number of carbonyl (C=O) groups is 2. The molecule has 1 aliphatic heterocycles. The zero-order valence-electron chi connectivity index (χ0n) is 18.3. The van der Waals surface area contributed by atoms with Crippen molar-refractivity contribution in [1.82, 2.24) is 5.32 Å². The smallest absolute Gasteiger partial charge is 0.316 e. The first-order chi connectivity index (χ1) is 15.5. The maximum Gasteiger partial charge on any atom is 0.316 e. The molecule has 0 fully saturated rings. The first-order valence-electron chi connectivity index (χ1n) is 10.3. The molecule has 2 aromatic carbocycles. The Kier molecular flexibility index (Phi) is 7.74. The van der Waals surface area contributed by atoms with Gasteiger partial charge in [-0.2, -0.15) is 5.26 Å². The number of nitriles is 1. The number of benzene rings is 2. The maximum atomic E-state index is 13.4. The molecular formula is C25H25N3O3S. The number of dihydropyridines is 1. The van der Waals surface area contributed by atoms with Crippen LogP contribution in [0.5, 0.6) is 0 Å². The van der Waals surface area contributed by atoms with Crippen molar-refractivity contribution in [3.8, 4) is 6.07 Å². The number of nitrogens with one attached hydrogen (secondary N) is 2. The van der Waals surface area contributed by atoms with Crippen molar-refractivity contribution in [3.63, 3.8) is 0 Å². The van der Waals surface area contributed by atoms with Gasteiger partial charge in [0.1, 0.15) is 0 Å². The number of esters is 1. The first-order valence-corrected chi connectivity index (χ1v) is 11.3. The summed E-state index contributed by atoms with van der Waals surface area (Å²) in [5, 5.41) is 16.8. The molecule has 32 heavy (non-hydrogen) atoms. The summed E-state index contributed by atoms with van der Waals surface area (Å²) in [7, 11) is 0. The Bertz CT molecular complexity index is 1120. The second-order valence-corrected chi connectivity index (χ2v) is 8.21. The molecule has 0 saturated heterocycles. The zero-order valence-corrected chi connectivity index (χ0v) is 19.1. The van der Waals surface area contributed by atoms with Gasteiger partial charge in [-0.3, -0.25) is 9.59 Å². The van der Waals surface area contributed by atoms with E-state index >= 15 is 0 Å². The molecule has 0 aliphatic carbocycles. The summed E-state index contributed by atoms with van der Waals surface area (Å²) in [6, 6.07) is 19.3. The predicted molar refractivity (Wildman–Crippen MR) is 127 cm³/mol. The molecule has 1 aliphatic rings. The topological polar surface area (TPSA) is 91.2 Å². The summed E-state index contributed by atoms with van der Waals surface area (Å²) in [5.41, 5.74) is 3.99. The van der Waals surface area contributed by atoms with E-state index in [4.69, 9.17) is 4.74 Å². The number of rotatable bonds is 7. The van der Waals surface area contributed by atoms with E-state index in [2.05, 4.69) is 16.7 Å². The van der Waals surface area contributed by atoms with Crippen LogP contribution in [0.4, 0.5) is 5.69 Å². The number of carbonyl (C=O) groups excluding carboxylic acids is 2. The number of para-hydroxylation sites is 1. The maximum absolute atomic E-state index is 13.4. The van der Waals surface area contributed by atoms with Gasteiger partial charge >= 0.3 is 5.97 Å². The van der Waals surface area contributed by atoms with Gasteiger partial charge in [0, 0.05) is 17.0 Å². The quantitative estimate of drug-likeness (QED) is 0.602. The number of nitrogens with zero attached hydrogens (tertiary/aromatic N) is 1. The Morgan fingerprint density at radius 1 is 1.12 bits per heavy atom. The predicted octanol–water partition coefficient (Wildman–Crippen LogP) is 4.63. The summed E-state index contributed by atoms with van der Waals surface area (Å²) < 4.78 is 5.01. The van der Waals surface area contributed by atoms with Gasteiger partial charge in [-0.25, -0.2) is 0 Å². The highest BCUT2D eigenvalue weighted by molar-refractivity contribution is 8.03. The highest BCUT2D eigenvalue weighted by atomic mass is 32.2. The first kappa shape index (κ1) is 23.2. The summed E-state index contributed by atoms with van der Waals surface area (Å²) in [6.45, 7) is 5.78. The molecule has 7 heteroatoms. The van der Waals surface area contributed by atoms with Crippen LogP contribution in [-0.2, 0) is 14.3 Å². The average Bonchev–Trinajstić information content (AvgIpc) is 2.79. The number of hydrogen-bond acceptors (Lipinski definition) is 6. The van der Waals surface area contributed by atoms with Crippen LogP contribution in [0.1, 0.15) is 30.9 Å². The number of aryl methyl sites for hydroxylation is 1. The molecule has 1 heterocycles. The van der Waals surface area contributed by atoms with Crippen LogP contribution in [0.25, 0.3) is 0 Å². The molecule has 1 atom stereocenters. The molecule has 6 nitrogen and oxygen atoms in total. The monoisotopic (exact) mass is 447 g/mol. The van der Waals surface area contributed by atoms with E-state index in [0.29, 0.717) is 28.5 Å². The van der Waals surface area contributed by atoms with Crippen LogP contribution in [0.2, 0.25) is 0 Å². The van der Waals surface area contributed by atoms with Crippen LogP contribution in [-0.4, -0.2) is 24.2 Å². The van der Waals surface area contributed by atoms with E-state index in [-0.39, 0.29) is 17.6 Å². The molecule has 0 saturated carbocycles. The van der Waals surface area contributed by atoms with Crippen molar-refractivity contribution in [3.05, 3.63) is 87.6 Å². The fourth-order valence-electron chi connectivity index (χ4n) is 3.54. The standard InChI is InChI=1S/C25H25N3O3S/c1-4-31-21(29)15-32-25-19(14-26)23(18-11-6-5-7-12-18)22(17(3)27-25)24(30)28-20-13-9-8-10-16(20)2/h5-13,23,27H,4,15H2,1-3H3,(H,28,30). The van der Waals surface area contributed by atoms with Crippen molar-refractivity contribution >= 4 is 29.3 Å². The Balaban J connectivity index is 2.00. The summed E-state index contributed by atoms with van der Waals surface area (Å²) in [6.07, 6.45) is 0. The van der Waals surface area contributed by atoms with Crippen LogP contribution in [0, 0.1) is 18.3 Å². The van der Waals surface area contributed by atoms with Crippen molar-refractivity contribution in [2.45, 2.75) is 26.7 Å². The van der Waals surface area contributed by atoms with E-state index < -0.39 is 5.92 Å². The Labute approximate surface area is 192 Å². The molecule has 0 radical (unpaired) electrons.